The SMILES string of the molecule is CCCCC/C=C/CCCCCCCCCCCCCOC(=O)c1cccc(S(=O)(=O)[O-])c1C(=O)OCCCCCCCCCCCCC/C=C/CCCCC.[K+]. The number of carbonyl (C=O) groups is 2. The Morgan fingerprint density at radius 2 is 0.807 bits per heavy atom. The van der Waals surface area contributed by atoms with Crippen LogP contribution in [-0.2, 0) is 19.6 Å². The van der Waals surface area contributed by atoms with Crippen LogP contribution in [-0.4, -0.2) is 38.1 Å². The first kappa shape index (κ1) is 56.2. The van der Waals surface area contributed by atoms with Crippen LogP contribution in [0, 0.1) is 0 Å². The van der Waals surface area contributed by atoms with Gasteiger partial charge in [-0.15, -0.1) is 0 Å². The van der Waals surface area contributed by atoms with Crippen molar-refractivity contribution in [1.29, 1.82) is 0 Å². The van der Waals surface area contributed by atoms with Gasteiger partial charge in [0.25, 0.3) is 0 Å². The fourth-order valence-corrected chi connectivity index (χ4v) is 7.69. The van der Waals surface area contributed by atoms with Gasteiger partial charge in [0.2, 0.25) is 0 Å². The summed E-state index contributed by atoms with van der Waals surface area (Å²) in [6.45, 7) is 4.73. The van der Waals surface area contributed by atoms with Gasteiger partial charge < -0.3 is 14.0 Å². The van der Waals surface area contributed by atoms with Crippen LogP contribution < -0.4 is 51.4 Å². The first-order valence-electron chi connectivity index (χ1n) is 23.1. The average Bonchev–Trinajstić information content (AvgIpc) is 3.18. The molecular formula is C48H81KO7S. The molecule has 0 fully saturated rings. The third-order valence-corrected chi connectivity index (χ3v) is 11.4. The molecule has 0 aliphatic carbocycles. The van der Waals surface area contributed by atoms with E-state index in [0.29, 0.717) is 12.8 Å². The second-order valence-corrected chi connectivity index (χ2v) is 17.0. The summed E-state index contributed by atoms with van der Waals surface area (Å²) in [6, 6.07) is 3.63. The molecule has 0 saturated heterocycles. The van der Waals surface area contributed by atoms with E-state index < -0.39 is 32.5 Å². The Labute approximate surface area is 392 Å². The van der Waals surface area contributed by atoms with Gasteiger partial charge >= 0.3 is 63.3 Å². The Bertz CT molecular complexity index is 1280. The molecule has 0 atom stereocenters. The van der Waals surface area contributed by atoms with Gasteiger partial charge in [0.05, 0.1) is 29.2 Å². The monoisotopic (exact) mass is 841 g/mol. The van der Waals surface area contributed by atoms with Crippen molar-refractivity contribution >= 4 is 22.1 Å². The van der Waals surface area contributed by atoms with Gasteiger partial charge in [-0.2, -0.15) is 0 Å². The smallest absolute Gasteiger partial charge is 0.744 e. The Morgan fingerprint density at radius 1 is 0.491 bits per heavy atom. The van der Waals surface area contributed by atoms with Crippen molar-refractivity contribution in [2.75, 3.05) is 13.2 Å². The van der Waals surface area contributed by atoms with E-state index >= 15 is 0 Å². The zero-order valence-electron chi connectivity index (χ0n) is 36.8. The van der Waals surface area contributed by atoms with Gasteiger partial charge in [-0.3, -0.25) is 0 Å². The van der Waals surface area contributed by atoms with Crippen LogP contribution in [0.2, 0.25) is 0 Å². The molecule has 0 bridgehead atoms. The summed E-state index contributed by atoms with van der Waals surface area (Å²) in [4.78, 5) is 25.2. The third-order valence-electron chi connectivity index (χ3n) is 10.5. The molecule has 0 aliphatic rings. The van der Waals surface area contributed by atoms with Crippen molar-refractivity contribution in [3.63, 3.8) is 0 Å². The third kappa shape index (κ3) is 32.6. The molecule has 57 heavy (non-hydrogen) atoms. The maximum atomic E-state index is 13.0. The van der Waals surface area contributed by atoms with Gasteiger partial charge in [-0.1, -0.05) is 185 Å². The normalized spacial score (nSPS) is 11.7. The number of allylic oxidation sites excluding steroid dienone is 4. The molecule has 322 valence electrons. The molecule has 1 aromatic rings. The molecule has 1 aromatic carbocycles. The summed E-state index contributed by atoms with van der Waals surface area (Å²) in [5.41, 5.74) is -0.776. The minimum atomic E-state index is -5.02. The first-order chi connectivity index (χ1) is 27.3. The summed E-state index contributed by atoms with van der Waals surface area (Å²) < 4.78 is 46.8. The number of rotatable bonds is 39. The van der Waals surface area contributed by atoms with Crippen molar-refractivity contribution < 1.29 is 83.4 Å². The minimum Gasteiger partial charge on any atom is -0.744 e. The van der Waals surface area contributed by atoms with Crippen LogP contribution in [0.15, 0.2) is 47.4 Å². The fourth-order valence-electron chi connectivity index (χ4n) is 7.01. The maximum absolute atomic E-state index is 13.0. The van der Waals surface area contributed by atoms with E-state index in [1.807, 2.05) is 0 Å². The number of benzene rings is 1. The summed E-state index contributed by atoms with van der Waals surface area (Å²) in [7, 11) is -5.02. The van der Waals surface area contributed by atoms with Gasteiger partial charge in [-0.05, 0) is 76.3 Å². The summed E-state index contributed by atoms with van der Waals surface area (Å²) in [5.74, 6) is -1.81. The van der Waals surface area contributed by atoms with Crippen LogP contribution in [0.4, 0.5) is 0 Å². The van der Waals surface area contributed by atoms with Gasteiger partial charge in [0.15, 0.2) is 0 Å². The molecule has 7 nitrogen and oxygen atoms in total. The zero-order valence-corrected chi connectivity index (χ0v) is 40.8. The number of hydrogen-bond acceptors (Lipinski definition) is 7. The van der Waals surface area contributed by atoms with E-state index in [0.717, 1.165) is 44.6 Å². The van der Waals surface area contributed by atoms with Crippen LogP contribution >= 0.6 is 0 Å². The maximum Gasteiger partial charge on any atom is 1.00 e. The number of esters is 2. The molecule has 0 heterocycles. The van der Waals surface area contributed by atoms with Crippen LogP contribution in [0.3, 0.4) is 0 Å². The second-order valence-electron chi connectivity index (χ2n) is 15.7. The summed E-state index contributed by atoms with van der Waals surface area (Å²) in [6.07, 6.45) is 47.5. The second kappa shape index (κ2) is 40.6. The quantitative estimate of drug-likeness (QED) is 0.0213. The Morgan fingerprint density at radius 3 is 1.16 bits per heavy atom. The van der Waals surface area contributed by atoms with Crippen molar-refractivity contribution in [2.24, 2.45) is 0 Å². The van der Waals surface area contributed by atoms with Crippen molar-refractivity contribution in [3.8, 4) is 0 Å². The zero-order chi connectivity index (χ0) is 40.8. The van der Waals surface area contributed by atoms with Gasteiger partial charge in [-0.25, -0.2) is 18.0 Å². The van der Waals surface area contributed by atoms with Crippen molar-refractivity contribution in [1.82, 2.24) is 0 Å². The molecule has 0 aliphatic heterocycles. The van der Waals surface area contributed by atoms with Crippen LogP contribution in [0.5, 0.6) is 0 Å². The van der Waals surface area contributed by atoms with Crippen molar-refractivity contribution in [3.05, 3.63) is 53.6 Å². The van der Waals surface area contributed by atoms with Gasteiger partial charge in [0.1, 0.15) is 10.1 Å². The molecule has 0 N–H and O–H groups in total. The van der Waals surface area contributed by atoms with E-state index in [1.165, 1.54) is 166 Å². The molecule has 0 saturated carbocycles. The van der Waals surface area contributed by atoms with Crippen molar-refractivity contribution in [2.45, 2.75) is 224 Å². The van der Waals surface area contributed by atoms with Crippen LogP contribution in [0.1, 0.15) is 240 Å². The molecule has 0 radical (unpaired) electrons. The number of ether oxygens (including phenoxy) is 2. The summed E-state index contributed by atoms with van der Waals surface area (Å²) in [5, 5.41) is 0. The van der Waals surface area contributed by atoms with E-state index in [9.17, 15) is 22.6 Å². The molecule has 1 rings (SSSR count). The topological polar surface area (TPSA) is 110 Å². The molecule has 0 amide bonds. The largest absolute Gasteiger partial charge is 1.00 e. The predicted molar refractivity (Wildman–Crippen MR) is 232 cm³/mol. The molecule has 0 aromatic heterocycles. The van der Waals surface area contributed by atoms with Crippen LogP contribution in [0.25, 0.3) is 0 Å². The average molecular weight is 841 g/mol. The van der Waals surface area contributed by atoms with E-state index in [-0.39, 0.29) is 70.2 Å². The number of unbranched alkanes of at least 4 members (excludes halogenated alkanes) is 28. The Kier molecular flexibility index (Phi) is 40.0. The van der Waals surface area contributed by atoms with E-state index in [2.05, 4.69) is 38.2 Å². The van der Waals surface area contributed by atoms with E-state index in [4.69, 9.17) is 9.47 Å². The Hall–Kier alpha value is -0.814. The molecule has 0 spiro atoms. The minimum absolute atomic E-state index is 0. The number of carbonyl (C=O) groups excluding carboxylic acids is 2. The summed E-state index contributed by atoms with van der Waals surface area (Å²) >= 11 is 0. The molecule has 9 heteroatoms. The predicted octanol–water partition coefficient (Wildman–Crippen LogP) is 11.5. The van der Waals surface area contributed by atoms with Gasteiger partial charge in [0, 0.05) is 0 Å². The Balaban J connectivity index is 0.0000314. The standard InChI is InChI=1S/C48H82O7S.K/c1-3-5-7-9-11-13-15-17-19-21-23-25-27-29-31-33-35-37-42-54-47(49)44-40-39-41-45(56(51,52)53)46(44)48(50)55-43-38-36-34-32-30-28-26-24-22-20-18-16-14-12-10-8-6-4-2;/h11-14,39-41H,3-10,15-38,42-43H2,1-2H3,(H,51,52,53);/q;+1/p-1/b13-11+,14-12+;. The van der Waals surface area contributed by atoms with E-state index in [1.54, 1.807) is 0 Å². The first-order valence-corrected chi connectivity index (χ1v) is 24.5. The molecular weight excluding hydrogens is 760 g/mol. The number of hydrogen-bond donors (Lipinski definition) is 0. The molecule has 0 unspecified atom stereocenters. The fraction of sp³-hybridized carbons (Fsp3) is 0.750.